The van der Waals surface area contributed by atoms with E-state index in [-0.39, 0.29) is 5.78 Å². The highest BCUT2D eigenvalue weighted by Gasteiger charge is 2.13. The predicted molar refractivity (Wildman–Crippen MR) is 61.9 cm³/mol. The molecule has 0 unspecified atom stereocenters. The molecule has 0 bridgehead atoms. The van der Waals surface area contributed by atoms with Crippen LogP contribution in [0.5, 0.6) is 0 Å². The van der Waals surface area contributed by atoms with Crippen molar-refractivity contribution in [3.05, 3.63) is 34.4 Å². The summed E-state index contributed by atoms with van der Waals surface area (Å²) in [7, 11) is 0. The van der Waals surface area contributed by atoms with Gasteiger partial charge in [-0.3, -0.25) is 4.79 Å². The standard InChI is InChI=1S/C12H13NOS/c1-8-5-9(2)13-12(6-8)15-11-4-3-10(14)7-11/h5-7H,3-4H2,1-2H3. The monoisotopic (exact) mass is 219 g/mol. The van der Waals surface area contributed by atoms with Crippen molar-refractivity contribution in [3.8, 4) is 0 Å². The summed E-state index contributed by atoms with van der Waals surface area (Å²) in [6.45, 7) is 4.05. The molecule has 1 heterocycles. The first-order valence-electron chi connectivity index (χ1n) is 5.00. The Labute approximate surface area is 93.8 Å². The number of aryl methyl sites for hydroxylation is 2. The lowest BCUT2D eigenvalue weighted by atomic mass is 10.3. The first kappa shape index (κ1) is 10.4. The maximum Gasteiger partial charge on any atom is 0.156 e. The number of nitrogens with zero attached hydrogens (tertiary/aromatic N) is 1. The van der Waals surface area contributed by atoms with Crippen LogP contribution in [0.2, 0.25) is 0 Å². The largest absolute Gasteiger partial charge is 0.295 e. The van der Waals surface area contributed by atoms with E-state index in [2.05, 4.69) is 24.0 Å². The summed E-state index contributed by atoms with van der Waals surface area (Å²) in [5.41, 5.74) is 2.25. The zero-order valence-corrected chi connectivity index (χ0v) is 9.73. The highest BCUT2D eigenvalue weighted by atomic mass is 32.2. The summed E-state index contributed by atoms with van der Waals surface area (Å²) in [4.78, 5) is 16.6. The predicted octanol–water partition coefficient (Wildman–Crippen LogP) is 3.04. The van der Waals surface area contributed by atoms with E-state index in [1.165, 1.54) is 5.56 Å². The second kappa shape index (κ2) is 4.19. The van der Waals surface area contributed by atoms with Crippen molar-refractivity contribution in [2.24, 2.45) is 0 Å². The molecule has 0 saturated heterocycles. The molecular formula is C12H13NOS. The molecule has 78 valence electrons. The molecule has 1 aromatic rings. The number of carbonyl (C=O) groups excluding carboxylic acids is 1. The van der Waals surface area contributed by atoms with Crippen LogP contribution in [-0.2, 0) is 4.79 Å². The van der Waals surface area contributed by atoms with Gasteiger partial charge in [0.15, 0.2) is 5.78 Å². The molecule has 1 aliphatic carbocycles. The smallest absolute Gasteiger partial charge is 0.156 e. The highest BCUT2D eigenvalue weighted by molar-refractivity contribution is 8.03. The summed E-state index contributed by atoms with van der Waals surface area (Å²) >= 11 is 1.61. The van der Waals surface area contributed by atoms with E-state index in [1.54, 1.807) is 17.8 Å². The van der Waals surface area contributed by atoms with Gasteiger partial charge in [0.05, 0.1) is 0 Å². The van der Waals surface area contributed by atoms with Gasteiger partial charge in [-0.25, -0.2) is 4.98 Å². The number of ketones is 1. The molecule has 0 N–H and O–H groups in total. The zero-order valence-electron chi connectivity index (χ0n) is 8.91. The molecule has 0 aromatic carbocycles. The van der Waals surface area contributed by atoms with Crippen LogP contribution in [-0.4, -0.2) is 10.8 Å². The number of thioether (sulfide) groups is 1. The molecule has 0 atom stereocenters. The van der Waals surface area contributed by atoms with Gasteiger partial charge in [-0.2, -0.15) is 0 Å². The van der Waals surface area contributed by atoms with E-state index in [0.29, 0.717) is 6.42 Å². The fourth-order valence-corrected chi connectivity index (χ4v) is 2.74. The van der Waals surface area contributed by atoms with Crippen molar-refractivity contribution in [3.63, 3.8) is 0 Å². The Kier molecular flexibility index (Phi) is 2.91. The van der Waals surface area contributed by atoms with Gasteiger partial charge in [-0.15, -0.1) is 0 Å². The zero-order chi connectivity index (χ0) is 10.8. The van der Waals surface area contributed by atoms with E-state index in [1.807, 2.05) is 6.92 Å². The third kappa shape index (κ3) is 2.69. The topological polar surface area (TPSA) is 30.0 Å². The maximum atomic E-state index is 11.1. The van der Waals surface area contributed by atoms with Crippen LogP contribution in [0.4, 0.5) is 0 Å². The fourth-order valence-electron chi connectivity index (χ4n) is 1.64. The van der Waals surface area contributed by atoms with Crippen LogP contribution in [0.25, 0.3) is 0 Å². The third-order valence-corrected chi connectivity index (χ3v) is 3.25. The van der Waals surface area contributed by atoms with Crippen molar-refractivity contribution in [2.45, 2.75) is 31.7 Å². The average molecular weight is 219 g/mol. The molecule has 1 aliphatic rings. The summed E-state index contributed by atoms with van der Waals surface area (Å²) in [6.07, 6.45) is 3.27. The fraction of sp³-hybridized carbons (Fsp3) is 0.333. The molecule has 0 fully saturated rings. The lowest BCUT2D eigenvalue weighted by Crippen LogP contribution is -1.86. The lowest BCUT2D eigenvalue weighted by Gasteiger charge is -2.03. The molecule has 0 aliphatic heterocycles. The van der Waals surface area contributed by atoms with Gasteiger partial charge in [0.1, 0.15) is 5.03 Å². The van der Waals surface area contributed by atoms with Gasteiger partial charge >= 0.3 is 0 Å². The number of pyridine rings is 1. The number of allylic oxidation sites excluding steroid dienone is 2. The number of aromatic nitrogens is 1. The number of hydrogen-bond acceptors (Lipinski definition) is 3. The molecule has 0 spiro atoms. The second-order valence-corrected chi connectivity index (χ2v) is 4.95. The van der Waals surface area contributed by atoms with Crippen molar-refractivity contribution < 1.29 is 4.79 Å². The summed E-state index contributed by atoms with van der Waals surface area (Å²) < 4.78 is 0. The number of carbonyl (C=O) groups is 1. The molecule has 0 amide bonds. The lowest BCUT2D eigenvalue weighted by molar-refractivity contribution is -0.114. The third-order valence-electron chi connectivity index (χ3n) is 2.25. The van der Waals surface area contributed by atoms with E-state index in [0.717, 1.165) is 22.0 Å². The van der Waals surface area contributed by atoms with Crippen LogP contribution in [0.3, 0.4) is 0 Å². The Balaban J connectivity index is 2.17. The van der Waals surface area contributed by atoms with E-state index < -0.39 is 0 Å². The Hall–Kier alpha value is -1.09. The maximum absolute atomic E-state index is 11.1. The molecule has 0 radical (unpaired) electrons. The van der Waals surface area contributed by atoms with Gasteiger partial charge in [0.2, 0.25) is 0 Å². The molecule has 1 aromatic heterocycles. The normalized spacial score (nSPS) is 15.6. The van der Waals surface area contributed by atoms with Gasteiger partial charge < -0.3 is 0 Å². The minimum Gasteiger partial charge on any atom is -0.295 e. The first-order chi connectivity index (χ1) is 7.13. The van der Waals surface area contributed by atoms with E-state index in [4.69, 9.17) is 0 Å². The number of hydrogen-bond donors (Lipinski definition) is 0. The SMILES string of the molecule is Cc1cc(C)nc(SC2=CC(=O)CC2)c1. The van der Waals surface area contributed by atoms with Gasteiger partial charge in [0, 0.05) is 12.1 Å². The van der Waals surface area contributed by atoms with Crippen molar-refractivity contribution >= 4 is 17.5 Å². The highest BCUT2D eigenvalue weighted by Crippen LogP contribution is 2.32. The molecule has 15 heavy (non-hydrogen) atoms. The minimum atomic E-state index is 0.238. The Morgan fingerprint density at radius 1 is 1.27 bits per heavy atom. The Morgan fingerprint density at radius 2 is 2.07 bits per heavy atom. The van der Waals surface area contributed by atoms with Crippen LogP contribution < -0.4 is 0 Å². The van der Waals surface area contributed by atoms with Crippen molar-refractivity contribution in [2.75, 3.05) is 0 Å². The number of rotatable bonds is 2. The van der Waals surface area contributed by atoms with Crippen LogP contribution in [0.15, 0.2) is 28.1 Å². The van der Waals surface area contributed by atoms with Crippen molar-refractivity contribution in [1.82, 2.24) is 4.98 Å². The molecule has 2 nitrogen and oxygen atoms in total. The summed E-state index contributed by atoms with van der Waals surface area (Å²) in [6, 6.07) is 4.11. The van der Waals surface area contributed by atoms with Crippen LogP contribution in [0, 0.1) is 13.8 Å². The van der Waals surface area contributed by atoms with E-state index in [9.17, 15) is 4.79 Å². The van der Waals surface area contributed by atoms with Gasteiger partial charge in [0.25, 0.3) is 0 Å². The summed E-state index contributed by atoms with van der Waals surface area (Å²) in [5.74, 6) is 0.238. The van der Waals surface area contributed by atoms with Gasteiger partial charge in [-0.1, -0.05) is 11.8 Å². The average Bonchev–Trinajstić information content (AvgIpc) is 2.49. The molecule has 2 rings (SSSR count). The molecule has 0 saturated carbocycles. The quantitative estimate of drug-likeness (QED) is 0.765. The van der Waals surface area contributed by atoms with Crippen LogP contribution in [0.1, 0.15) is 24.1 Å². The molecular weight excluding hydrogens is 206 g/mol. The van der Waals surface area contributed by atoms with Gasteiger partial charge in [-0.05, 0) is 48.9 Å². The summed E-state index contributed by atoms with van der Waals surface area (Å²) in [5, 5.41) is 0.994. The van der Waals surface area contributed by atoms with Crippen molar-refractivity contribution in [1.29, 1.82) is 0 Å². The minimum absolute atomic E-state index is 0.238. The van der Waals surface area contributed by atoms with Crippen LogP contribution >= 0.6 is 11.8 Å². The Bertz CT molecular complexity index is 417. The first-order valence-corrected chi connectivity index (χ1v) is 5.82. The Morgan fingerprint density at radius 3 is 2.67 bits per heavy atom. The second-order valence-electron chi connectivity index (χ2n) is 3.80. The molecule has 3 heteroatoms. The van der Waals surface area contributed by atoms with E-state index >= 15 is 0 Å².